The van der Waals surface area contributed by atoms with Gasteiger partial charge in [0.1, 0.15) is 6.04 Å². The molecular weight excluding hydrogens is 544 g/mol. The van der Waals surface area contributed by atoms with Gasteiger partial charge in [-0.2, -0.15) is 0 Å². The maximum absolute atomic E-state index is 13.1. The molecular formula is C26H34N4O11. The molecule has 41 heavy (non-hydrogen) atoms. The third-order valence-corrected chi connectivity index (χ3v) is 6.05. The molecule has 0 saturated carbocycles. The van der Waals surface area contributed by atoms with Crippen LogP contribution < -0.4 is 16.0 Å². The molecule has 0 spiro atoms. The van der Waals surface area contributed by atoms with Crippen LogP contribution >= 0.6 is 0 Å². The summed E-state index contributed by atoms with van der Waals surface area (Å²) in [7, 11) is 0. The number of hydrogen-bond acceptors (Lipinski definition) is 11. The van der Waals surface area contributed by atoms with Crippen molar-refractivity contribution < 1.29 is 52.8 Å². The highest BCUT2D eigenvalue weighted by molar-refractivity contribution is 6.25. The van der Waals surface area contributed by atoms with Crippen molar-refractivity contribution in [2.45, 2.75) is 25.3 Å². The van der Waals surface area contributed by atoms with Crippen LogP contribution in [-0.4, -0.2) is 117 Å². The predicted octanol–water partition coefficient (Wildman–Crippen LogP) is -0.843. The lowest BCUT2D eigenvalue weighted by Crippen LogP contribution is -2.54. The average Bonchev–Trinajstić information content (AvgIpc) is 3.19. The Kier molecular flexibility index (Phi) is 12.6. The number of aliphatic carboxylic acids is 1. The van der Waals surface area contributed by atoms with E-state index in [1.807, 2.05) is 0 Å². The van der Waals surface area contributed by atoms with E-state index in [0.29, 0.717) is 39.6 Å². The zero-order valence-corrected chi connectivity index (χ0v) is 22.5. The van der Waals surface area contributed by atoms with Crippen molar-refractivity contribution in [2.75, 3.05) is 71.3 Å². The first-order chi connectivity index (χ1) is 19.8. The Hall–Kier alpha value is -3.92. The molecule has 1 saturated heterocycles. The van der Waals surface area contributed by atoms with Gasteiger partial charge < -0.3 is 34.7 Å². The number of anilines is 1. The van der Waals surface area contributed by atoms with Gasteiger partial charge >= 0.3 is 5.97 Å². The number of piperidine rings is 1. The van der Waals surface area contributed by atoms with Crippen molar-refractivity contribution in [3.8, 4) is 0 Å². The molecule has 2 heterocycles. The van der Waals surface area contributed by atoms with E-state index in [4.69, 9.17) is 24.1 Å². The minimum atomic E-state index is -1.07. The molecule has 15 nitrogen and oxygen atoms in total. The minimum absolute atomic E-state index is 0.0247. The van der Waals surface area contributed by atoms with Crippen LogP contribution in [-0.2, 0) is 38.1 Å². The van der Waals surface area contributed by atoms with Crippen LogP contribution in [0, 0.1) is 0 Å². The van der Waals surface area contributed by atoms with Crippen molar-refractivity contribution >= 4 is 41.2 Å². The summed E-state index contributed by atoms with van der Waals surface area (Å²) >= 11 is 0. The van der Waals surface area contributed by atoms with Crippen LogP contribution in [0.1, 0.15) is 40.0 Å². The second kappa shape index (κ2) is 16.4. The van der Waals surface area contributed by atoms with Gasteiger partial charge in [-0.05, 0) is 18.6 Å². The number of rotatable bonds is 19. The van der Waals surface area contributed by atoms with Crippen LogP contribution in [0.5, 0.6) is 0 Å². The Labute approximate surface area is 235 Å². The summed E-state index contributed by atoms with van der Waals surface area (Å²) in [5.41, 5.74) is 0.482. The first-order valence-corrected chi connectivity index (χ1v) is 13.2. The van der Waals surface area contributed by atoms with E-state index in [1.54, 1.807) is 12.1 Å². The van der Waals surface area contributed by atoms with Gasteiger partial charge in [0, 0.05) is 18.7 Å². The fraction of sp³-hybridized carbons (Fsp3) is 0.538. The molecule has 1 atom stereocenters. The van der Waals surface area contributed by atoms with Crippen molar-refractivity contribution in [2.24, 2.45) is 0 Å². The van der Waals surface area contributed by atoms with E-state index in [9.17, 15) is 28.8 Å². The Morgan fingerprint density at radius 3 is 2.17 bits per heavy atom. The Morgan fingerprint density at radius 2 is 1.54 bits per heavy atom. The molecule has 2 aliphatic rings. The second-order valence-electron chi connectivity index (χ2n) is 8.97. The fourth-order valence-corrected chi connectivity index (χ4v) is 4.08. The molecule has 15 heteroatoms. The molecule has 0 aliphatic carbocycles. The molecule has 1 fully saturated rings. The number of hydrogen-bond donors (Lipinski definition) is 4. The molecule has 5 amide bonds. The van der Waals surface area contributed by atoms with E-state index in [0.717, 1.165) is 4.90 Å². The van der Waals surface area contributed by atoms with E-state index in [2.05, 4.69) is 16.0 Å². The molecule has 1 aromatic rings. The third kappa shape index (κ3) is 9.60. The number of nitrogens with zero attached hydrogens (tertiary/aromatic N) is 1. The molecule has 2 aliphatic heterocycles. The molecule has 0 bridgehead atoms. The van der Waals surface area contributed by atoms with Gasteiger partial charge in [0.15, 0.2) is 0 Å². The number of carboxylic acids is 1. The number of carbonyl (C=O) groups is 6. The van der Waals surface area contributed by atoms with Gasteiger partial charge in [0.05, 0.1) is 76.9 Å². The number of fused-ring (bicyclic) bond motifs is 1. The van der Waals surface area contributed by atoms with Gasteiger partial charge in [0.2, 0.25) is 17.7 Å². The average molecular weight is 579 g/mol. The summed E-state index contributed by atoms with van der Waals surface area (Å²) in [6.45, 7) is 2.54. The van der Waals surface area contributed by atoms with Gasteiger partial charge in [-0.3, -0.25) is 39.0 Å². The van der Waals surface area contributed by atoms with Crippen LogP contribution in [0.3, 0.4) is 0 Å². The summed E-state index contributed by atoms with van der Waals surface area (Å²) in [6.07, 6.45) is 0.0361. The number of amides is 5. The van der Waals surface area contributed by atoms with Crippen LogP contribution in [0.25, 0.3) is 0 Å². The molecule has 1 unspecified atom stereocenters. The van der Waals surface area contributed by atoms with E-state index < -0.39 is 35.6 Å². The van der Waals surface area contributed by atoms with Gasteiger partial charge in [0.25, 0.3) is 11.8 Å². The first-order valence-electron chi connectivity index (χ1n) is 13.2. The zero-order valence-electron chi connectivity index (χ0n) is 22.5. The maximum atomic E-state index is 13.1. The summed E-state index contributed by atoms with van der Waals surface area (Å²) in [5, 5.41) is 16.2. The quantitative estimate of drug-likeness (QED) is 0.117. The molecule has 3 rings (SSSR count). The number of carbonyl (C=O) groups excluding carboxylic acids is 5. The lowest BCUT2D eigenvalue weighted by atomic mass is 10.0. The molecule has 0 aromatic heterocycles. The monoisotopic (exact) mass is 578 g/mol. The highest BCUT2D eigenvalue weighted by Crippen LogP contribution is 2.32. The van der Waals surface area contributed by atoms with E-state index >= 15 is 0 Å². The third-order valence-electron chi connectivity index (χ3n) is 6.05. The number of carboxylic acid groups (broad SMARTS) is 1. The summed E-state index contributed by atoms with van der Waals surface area (Å²) < 4.78 is 21.1. The Morgan fingerprint density at radius 1 is 0.902 bits per heavy atom. The van der Waals surface area contributed by atoms with Crippen molar-refractivity contribution in [3.05, 3.63) is 29.3 Å². The van der Waals surface area contributed by atoms with E-state index in [1.165, 1.54) is 6.07 Å². The van der Waals surface area contributed by atoms with Crippen molar-refractivity contribution in [1.29, 1.82) is 0 Å². The highest BCUT2D eigenvalue weighted by atomic mass is 16.6. The molecule has 224 valence electrons. The fourth-order valence-electron chi connectivity index (χ4n) is 4.08. The zero-order chi connectivity index (χ0) is 29.6. The van der Waals surface area contributed by atoms with Crippen LogP contribution in [0.15, 0.2) is 18.2 Å². The molecule has 1 aromatic carbocycles. The van der Waals surface area contributed by atoms with Gasteiger partial charge in [-0.15, -0.1) is 0 Å². The normalized spacial score (nSPS) is 16.5. The molecule has 0 radical (unpaired) electrons. The SMILES string of the molecule is O=C(O)CCOCCOCCOCCOCCNC(=O)CNc1cccc2c1C(=O)N(C1CCC(=O)NC1=O)C2=O. The Balaban J connectivity index is 1.27. The number of nitrogens with one attached hydrogen (secondary N) is 3. The standard InChI is InChI=1S/C26H34N4O11/c31-20-5-4-19(24(35)29-20)30-25(36)17-2-1-3-18(23(17)26(30)37)28-16-21(32)27-7-9-39-11-13-41-15-14-40-12-10-38-8-6-22(33)34/h1-3,19,28H,4-16H2,(H,27,32)(H,33,34)(H,29,31,35). The lowest BCUT2D eigenvalue weighted by molar-refractivity contribution is -0.138. The van der Waals surface area contributed by atoms with Crippen LogP contribution in [0.2, 0.25) is 0 Å². The Bertz CT molecular complexity index is 1130. The predicted molar refractivity (Wildman–Crippen MR) is 140 cm³/mol. The molecule has 4 N–H and O–H groups in total. The summed E-state index contributed by atoms with van der Waals surface area (Å²) in [6, 6.07) is 3.54. The summed E-state index contributed by atoms with van der Waals surface area (Å²) in [4.78, 5) is 73.1. The van der Waals surface area contributed by atoms with Crippen LogP contribution in [0.4, 0.5) is 5.69 Å². The van der Waals surface area contributed by atoms with E-state index in [-0.39, 0.29) is 68.3 Å². The minimum Gasteiger partial charge on any atom is -0.481 e. The van der Waals surface area contributed by atoms with Gasteiger partial charge in [-0.25, -0.2) is 0 Å². The maximum Gasteiger partial charge on any atom is 0.305 e. The van der Waals surface area contributed by atoms with Crippen molar-refractivity contribution in [1.82, 2.24) is 15.5 Å². The first kappa shape index (κ1) is 31.6. The number of ether oxygens (including phenoxy) is 4. The largest absolute Gasteiger partial charge is 0.481 e. The second-order valence-corrected chi connectivity index (χ2v) is 8.97. The lowest BCUT2D eigenvalue weighted by Gasteiger charge is -2.27. The number of imide groups is 2. The van der Waals surface area contributed by atoms with Gasteiger partial charge in [-0.1, -0.05) is 6.07 Å². The number of benzene rings is 1. The summed E-state index contributed by atoms with van der Waals surface area (Å²) in [5.74, 6) is -3.69. The van der Waals surface area contributed by atoms with Crippen molar-refractivity contribution in [3.63, 3.8) is 0 Å². The smallest absolute Gasteiger partial charge is 0.305 e. The topological polar surface area (TPSA) is 199 Å². The highest BCUT2D eigenvalue weighted by Gasteiger charge is 2.45.